The van der Waals surface area contributed by atoms with Gasteiger partial charge >= 0.3 is 0 Å². The van der Waals surface area contributed by atoms with Crippen molar-refractivity contribution in [3.63, 3.8) is 0 Å². The van der Waals surface area contributed by atoms with E-state index in [0.29, 0.717) is 16.3 Å². The number of benzene rings is 1. The van der Waals surface area contributed by atoms with Gasteiger partial charge in [-0.05, 0) is 34.1 Å². The van der Waals surface area contributed by atoms with Crippen LogP contribution < -0.4 is 10.6 Å². The zero-order valence-corrected chi connectivity index (χ0v) is 16.4. The Balaban J connectivity index is 2.02. The van der Waals surface area contributed by atoms with Crippen molar-refractivity contribution in [1.82, 2.24) is 10.3 Å². The van der Waals surface area contributed by atoms with E-state index in [9.17, 15) is 24.4 Å². The number of aliphatic hydroxyl groups is 1. The van der Waals surface area contributed by atoms with Gasteiger partial charge < -0.3 is 10.4 Å². The summed E-state index contributed by atoms with van der Waals surface area (Å²) >= 11 is 9.00. The van der Waals surface area contributed by atoms with E-state index >= 15 is 0 Å². The van der Waals surface area contributed by atoms with Gasteiger partial charge in [-0.25, -0.2) is 9.37 Å². The van der Waals surface area contributed by atoms with E-state index in [1.54, 1.807) is 12.1 Å². The smallest absolute Gasteiger partial charge is 0.250 e. The fourth-order valence-electron chi connectivity index (χ4n) is 4.23. The number of aliphatic hydroxyl groups excluding tert-OH is 1. The van der Waals surface area contributed by atoms with E-state index in [1.807, 2.05) is 0 Å². The van der Waals surface area contributed by atoms with Gasteiger partial charge in [-0.3, -0.25) is 20.2 Å². The number of anilines is 1. The predicted molar refractivity (Wildman–Crippen MR) is 101 cm³/mol. The Bertz CT molecular complexity index is 1010. The zero-order valence-electron chi connectivity index (χ0n) is 14.0. The molecule has 3 N–H and O–H groups in total. The van der Waals surface area contributed by atoms with Crippen LogP contribution in [0.1, 0.15) is 17.0 Å². The molecule has 3 heterocycles. The third-order valence-corrected chi connectivity index (χ3v) is 6.09. The number of rotatable bonds is 3. The maximum atomic E-state index is 14.9. The van der Waals surface area contributed by atoms with Crippen LogP contribution in [0.4, 0.5) is 10.1 Å². The second kappa shape index (κ2) is 6.73. The van der Waals surface area contributed by atoms with Crippen LogP contribution in [0.25, 0.3) is 0 Å². The Morgan fingerprint density at radius 1 is 1.43 bits per heavy atom. The molecular formula is C17H13BrClFN4O4. The van der Waals surface area contributed by atoms with Crippen molar-refractivity contribution in [2.75, 3.05) is 11.9 Å². The van der Waals surface area contributed by atoms with Gasteiger partial charge in [0.05, 0.1) is 12.5 Å². The van der Waals surface area contributed by atoms with Crippen molar-refractivity contribution in [1.29, 1.82) is 0 Å². The van der Waals surface area contributed by atoms with Crippen LogP contribution in [0.3, 0.4) is 0 Å². The van der Waals surface area contributed by atoms with Crippen molar-refractivity contribution in [2.24, 2.45) is 0 Å². The van der Waals surface area contributed by atoms with Crippen molar-refractivity contribution >= 4 is 39.1 Å². The summed E-state index contributed by atoms with van der Waals surface area (Å²) < 4.78 is 14.8. The van der Waals surface area contributed by atoms with E-state index in [0.717, 1.165) is 0 Å². The topological polar surface area (TPSA) is 117 Å². The van der Waals surface area contributed by atoms with E-state index in [2.05, 4.69) is 31.5 Å². The first-order valence-electron chi connectivity index (χ1n) is 8.24. The molecule has 4 rings (SSSR count). The van der Waals surface area contributed by atoms with Crippen molar-refractivity contribution in [3.05, 3.63) is 67.1 Å². The molecule has 28 heavy (non-hydrogen) atoms. The largest absolute Gasteiger partial charge is 0.394 e. The predicted octanol–water partition coefficient (Wildman–Crippen LogP) is 2.18. The molecule has 0 radical (unpaired) electrons. The molecular weight excluding hydrogens is 459 g/mol. The van der Waals surface area contributed by atoms with Gasteiger partial charge in [0.15, 0.2) is 5.82 Å². The highest BCUT2D eigenvalue weighted by molar-refractivity contribution is 9.10. The number of nitrogens with one attached hydrogen (secondary N) is 2. The zero-order chi connectivity index (χ0) is 20.2. The molecule has 8 nitrogen and oxygen atoms in total. The molecule has 1 spiro atoms. The third-order valence-electron chi connectivity index (χ3n) is 5.30. The Kier molecular flexibility index (Phi) is 4.61. The number of halogens is 3. The summed E-state index contributed by atoms with van der Waals surface area (Å²) in [6, 6.07) is 3.42. The standard InChI is InChI=1S/C17H13BrClFN4O4/c18-15-13(20)8(3-4-21-15)12-14(24(27)28)11(6-25)23-17(12)9-2-1-7(19)5-10(9)22-16(17)26/h1-5,11-12,14,23,25H,6H2,(H,22,26)/t11-,12-,14+,17+/m0/s1. The summed E-state index contributed by atoms with van der Waals surface area (Å²) in [7, 11) is 0. The van der Waals surface area contributed by atoms with Crippen LogP contribution in [-0.2, 0) is 10.3 Å². The Morgan fingerprint density at radius 2 is 2.18 bits per heavy atom. The fraction of sp³-hybridized carbons (Fsp3) is 0.294. The lowest BCUT2D eigenvalue weighted by molar-refractivity contribution is -0.527. The van der Waals surface area contributed by atoms with Gasteiger partial charge in [0.2, 0.25) is 11.9 Å². The normalized spacial score (nSPS) is 28.4. The average Bonchev–Trinajstić information content (AvgIpc) is 3.13. The summed E-state index contributed by atoms with van der Waals surface area (Å²) in [5, 5.41) is 27.6. The first-order chi connectivity index (χ1) is 13.3. The molecule has 146 valence electrons. The van der Waals surface area contributed by atoms with E-state index in [-0.39, 0.29) is 10.2 Å². The molecule has 11 heteroatoms. The fourth-order valence-corrected chi connectivity index (χ4v) is 4.75. The molecule has 2 aliphatic rings. The van der Waals surface area contributed by atoms with Crippen molar-refractivity contribution in [3.8, 4) is 0 Å². The third kappa shape index (κ3) is 2.55. The highest BCUT2D eigenvalue weighted by Crippen LogP contribution is 2.53. The molecule has 0 aliphatic carbocycles. The molecule has 1 aromatic heterocycles. The van der Waals surface area contributed by atoms with Gasteiger partial charge in [-0.1, -0.05) is 17.7 Å². The number of carbonyl (C=O) groups is 1. The lowest BCUT2D eigenvalue weighted by atomic mass is 9.74. The Hall–Kier alpha value is -2.14. The molecule has 4 atom stereocenters. The highest BCUT2D eigenvalue weighted by atomic mass is 79.9. The minimum absolute atomic E-state index is 0.0509. The van der Waals surface area contributed by atoms with Gasteiger partial charge in [0.1, 0.15) is 16.2 Å². The molecule has 0 bridgehead atoms. The minimum atomic E-state index is -1.65. The number of carbonyl (C=O) groups excluding carboxylic acids is 1. The average molecular weight is 472 g/mol. The SMILES string of the molecule is O=C1Nc2cc(Cl)ccc2[C@]12N[C@@H](CO)[C@@H]([N+](=O)[O-])[C@@H]2c1ccnc(Br)c1F. The van der Waals surface area contributed by atoms with Crippen LogP contribution in [0.15, 0.2) is 35.1 Å². The van der Waals surface area contributed by atoms with Crippen LogP contribution in [0, 0.1) is 15.9 Å². The number of nitrogens with zero attached hydrogens (tertiary/aromatic N) is 2. The van der Waals surface area contributed by atoms with E-state index < -0.39 is 46.8 Å². The van der Waals surface area contributed by atoms with Crippen LogP contribution in [0.2, 0.25) is 5.02 Å². The minimum Gasteiger partial charge on any atom is -0.394 e. The summed E-state index contributed by atoms with van der Waals surface area (Å²) in [6.45, 7) is -0.603. The molecule has 1 fully saturated rings. The monoisotopic (exact) mass is 470 g/mol. The maximum Gasteiger partial charge on any atom is 0.250 e. The second-order valence-corrected chi connectivity index (χ2v) is 7.83. The molecule has 0 unspecified atom stereocenters. The second-order valence-electron chi connectivity index (χ2n) is 6.64. The van der Waals surface area contributed by atoms with Gasteiger partial charge in [0.25, 0.3) is 0 Å². The Morgan fingerprint density at radius 3 is 2.86 bits per heavy atom. The van der Waals surface area contributed by atoms with Crippen LogP contribution in [0.5, 0.6) is 0 Å². The van der Waals surface area contributed by atoms with Crippen LogP contribution >= 0.6 is 27.5 Å². The first kappa shape index (κ1) is 19.2. The molecule has 1 amide bonds. The van der Waals surface area contributed by atoms with Crippen molar-refractivity contribution < 1.29 is 19.2 Å². The summed E-state index contributed by atoms with van der Waals surface area (Å²) in [6.07, 6.45) is 1.30. The highest BCUT2D eigenvalue weighted by Gasteiger charge is 2.67. The summed E-state index contributed by atoms with van der Waals surface area (Å²) in [5.41, 5.74) is -0.914. The number of amides is 1. The Labute approximate surface area is 171 Å². The van der Waals surface area contributed by atoms with Gasteiger partial charge in [0, 0.05) is 33.0 Å². The number of pyridine rings is 1. The van der Waals surface area contributed by atoms with Gasteiger partial charge in [-0.2, -0.15) is 0 Å². The quantitative estimate of drug-likeness (QED) is 0.359. The van der Waals surface area contributed by atoms with E-state index in [4.69, 9.17) is 11.6 Å². The summed E-state index contributed by atoms with van der Waals surface area (Å²) in [4.78, 5) is 28.2. The lowest BCUT2D eigenvalue weighted by Crippen LogP contribution is -2.49. The van der Waals surface area contributed by atoms with Crippen LogP contribution in [-0.4, -0.2) is 39.6 Å². The first-order valence-corrected chi connectivity index (χ1v) is 9.41. The molecule has 1 aromatic carbocycles. The number of aromatic nitrogens is 1. The number of nitro groups is 1. The molecule has 0 saturated carbocycles. The molecule has 2 aliphatic heterocycles. The molecule has 1 saturated heterocycles. The van der Waals surface area contributed by atoms with Gasteiger partial charge in [-0.15, -0.1) is 0 Å². The molecule has 2 aromatic rings. The maximum absolute atomic E-state index is 14.9. The number of hydrogen-bond acceptors (Lipinski definition) is 6. The van der Waals surface area contributed by atoms with E-state index in [1.165, 1.54) is 18.3 Å². The number of hydrogen-bond donors (Lipinski definition) is 3. The number of fused-ring (bicyclic) bond motifs is 2. The summed E-state index contributed by atoms with van der Waals surface area (Å²) in [5.74, 6) is -2.61. The lowest BCUT2D eigenvalue weighted by Gasteiger charge is -2.30. The van der Waals surface area contributed by atoms with Crippen molar-refractivity contribution in [2.45, 2.75) is 23.5 Å².